The van der Waals surface area contributed by atoms with Crippen LogP contribution in [0.1, 0.15) is 45.9 Å². The molecule has 2 atom stereocenters. The Labute approximate surface area is 168 Å². The van der Waals surface area contributed by atoms with Gasteiger partial charge in [-0.25, -0.2) is 0 Å². The van der Waals surface area contributed by atoms with Crippen molar-refractivity contribution < 1.29 is 0 Å². The minimum atomic E-state index is 0. The lowest BCUT2D eigenvalue weighted by Gasteiger charge is -2.20. The Balaban J connectivity index is 0.00000225. The second kappa shape index (κ2) is 9.70. The van der Waals surface area contributed by atoms with Gasteiger partial charge in [0.1, 0.15) is 12.2 Å². The standard InChI is InChI=1S/C17H31N7.HI/c1-4-16-22-20-12-23(16)9-8-19-17(18-5-2)21-14-10-13(3)24(11-14)15-6-7-15;/h12-15H,4-11H2,1-3H3,(H2,18,19,21);1H. The second-order valence-corrected chi connectivity index (χ2v) is 6.91. The number of hydrogen-bond acceptors (Lipinski definition) is 4. The maximum atomic E-state index is 4.74. The Hall–Kier alpha value is -0.900. The van der Waals surface area contributed by atoms with Gasteiger partial charge in [-0.15, -0.1) is 34.2 Å². The molecule has 2 heterocycles. The average molecular weight is 461 g/mol. The smallest absolute Gasteiger partial charge is 0.191 e. The van der Waals surface area contributed by atoms with E-state index in [1.165, 1.54) is 19.3 Å². The van der Waals surface area contributed by atoms with E-state index in [1.807, 2.05) is 0 Å². The van der Waals surface area contributed by atoms with Gasteiger partial charge in [-0.2, -0.15) is 0 Å². The molecule has 1 aliphatic carbocycles. The first-order valence-electron chi connectivity index (χ1n) is 9.38. The quantitative estimate of drug-likeness (QED) is 0.367. The van der Waals surface area contributed by atoms with Crippen LogP contribution in [0.15, 0.2) is 11.3 Å². The van der Waals surface area contributed by atoms with Gasteiger partial charge >= 0.3 is 0 Å². The second-order valence-electron chi connectivity index (χ2n) is 6.91. The summed E-state index contributed by atoms with van der Waals surface area (Å²) in [6.45, 7) is 10.1. The molecule has 0 aromatic carbocycles. The summed E-state index contributed by atoms with van der Waals surface area (Å²) in [5.41, 5.74) is 0. The topological polar surface area (TPSA) is 70.4 Å². The first kappa shape index (κ1) is 20.4. The molecule has 2 unspecified atom stereocenters. The highest BCUT2D eigenvalue weighted by Gasteiger charge is 2.38. The van der Waals surface area contributed by atoms with Crippen molar-refractivity contribution in [2.45, 2.75) is 71.1 Å². The van der Waals surface area contributed by atoms with Crippen molar-refractivity contribution in [3.8, 4) is 0 Å². The molecule has 1 aliphatic heterocycles. The number of halogens is 1. The molecule has 2 fully saturated rings. The highest BCUT2D eigenvalue weighted by Crippen LogP contribution is 2.33. The van der Waals surface area contributed by atoms with Crippen molar-refractivity contribution >= 4 is 29.9 Å². The lowest BCUT2D eigenvalue weighted by atomic mass is 10.2. The number of rotatable bonds is 7. The summed E-state index contributed by atoms with van der Waals surface area (Å²) in [7, 11) is 0. The molecule has 1 saturated carbocycles. The van der Waals surface area contributed by atoms with Crippen LogP contribution in [0.3, 0.4) is 0 Å². The molecule has 142 valence electrons. The summed E-state index contributed by atoms with van der Waals surface area (Å²) in [6, 6.07) is 2.02. The van der Waals surface area contributed by atoms with E-state index in [4.69, 9.17) is 4.99 Å². The predicted octanol–water partition coefficient (Wildman–Crippen LogP) is 1.64. The van der Waals surface area contributed by atoms with E-state index in [2.05, 4.69) is 51.1 Å². The summed E-state index contributed by atoms with van der Waals surface area (Å²) in [5.74, 6) is 1.95. The van der Waals surface area contributed by atoms with Crippen molar-refractivity contribution in [1.82, 2.24) is 30.3 Å². The van der Waals surface area contributed by atoms with Crippen molar-refractivity contribution in [2.75, 3.05) is 19.6 Å². The Morgan fingerprint density at radius 2 is 2.16 bits per heavy atom. The van der Waals surface area contributed by atoms with Gasteiger partial charge in [0.2, 0.25) is 0 Å². The van der Waals surface area contributed by atoms with Gasteiger partial charge in [0, 0.05) is 44.2 Å². The molecule has 2 aliphatic rings. The summed E-state index contributed by atoms with van der Waals surface area (Å²) < 4.78 is 2.08. The molecule has 0 bridgehead atoms. The third-order valence-electron chi connectivity index (χ3n) is 4.95. The Bertz CT molecular complexity index is 555. The van der Waals surface area contributed by atoms with Gasteiger partial charge in [0.25, 0.3) is 0 Å². The molecule has 0 radical (unpaired) electrons. The first-order chi connectivity index (χ1) is 11.7. The van der Waals surface area contributed by atoms with E-state index >= 15 is 0 Å². The van der Waals surface area contributed by atoms with E-state index in [0.29, 0.717) is 12.1 Å². The summed E-state index contributed by atoms with van der Waals surface area (Å²) in [4.78, 5) is 7.40. The van der Waals surface area contributed by atoms with E-state index in [9.17, 15) is 0 Å². The van der Waals surface area contributed by atoms with Gasteiger partial charge in [0.15, 0.2) is 5.96 Å². The third kappa shape index (κ3) is 5.54. The SMILES string of the molecule is CCNC(=NCCn1cnnc1CC)NC1CC(C)N(C2CC2)C1.I. The molecule has 25 heavy (non-hydrogen) atoms. The zero-order chi connectivity index (χ0) is 16.9. The lowest BCUT2D eigenvalue weighted by Crippen LogP contribution is -2.44. The lowest BCUT2D eigenvalue weighted by molar-refractivity contribution is 0.256. The van der Waals surface area contributed by atoms with Crippen LogP contribution in [0.5, 0.6) is 0 Å². The van der Waals surface area contributed by atoms with Crippen LogP contribution in [0.4, 0.5) is 0 Å². The number of aliphatic imine (C=N–C) groups is 1. The fourth-order valence-electron chi connectivity index (χ4n) is 3.60. The van der Waals surface area contributed by atoms with Gasteiger partial charge in [-0.3, -0.25) is 9.89 Å². The number of aromatic nitrogens is 3. The van der Waals surface area contributed by atoms with Crippen molar-refractivity contribution in [3.63, 3.8) is 0 Å². The van der Waals surface area contributed by atoms with Crippen LogP contribution in [0.2, 0.25) is 0 Å². The highest BCUT2D eigenvalue weighted by molar-refractivity contribution is 14.0. The minimum Gasteiger partial charge on any atom is -0.357 e. The molecule has 0 spiro atoms. The fraction of sp³-hybridized carbons (Fsp3) is 0.824. The zero-order valence-electron chi connectivity index (χ0n) is 15.6. The fourth-order valence-corrected chi connectivity index (χ4v) is 3.60. The summed E-state index contributed by atoms with van der Waals surface area (Å²) >= 11 is 0. The number of likely N-dealkylation sites (tertiary alicyclic amines) is 1. The summed E-state index contributed by atoms with van der Waals surface area (Å²) in [6.07, 6.45) is 6.65. The van der Waals surface area contributed by atoms with Crippen molar-refractivity contribution in [2.24, 2.45) is 4.99 Å². The normalized spacial score (nSPS) is 24.2. The Kier molecular flexibility index (Phi) is 7.92. The van der Waals surface area contributed by atoms with Gasteiger partial charge in [-0.05, 0) is 33.1 Å². The van der Waals surface area contributed by atoms with Crippen LogP contribution in [-0.4, -0.2) is 63.4 Å². The molecule has 0 amide bonds. The number of guanidine groups is 1. The molecule has 3 rings (SSSR count). The Morgan fingerprint density at radius 3 is 2.84 bits per heavy atom. The van der Waals surface area contributed by atoms with E-state index in [0.717, 1.165) is 50.4 Å². The molecular weight excluding hydrogens is 429 g/mol. The highest BCUT2D eigenvalue weighted by atomic mass is 127. The molecule has 7 nitrogen and oxygen atoms in total. The first-order valence-corrected chi connectivity index (χ1v) is 9.38. The molecule has 1 aromatic heterocycles. The molecule has 1 aromatic rings. The zero-order valence-corrected chi connectivity index (χ0v) is 17.9. The third-order valence-corrected chi connectivity index (χ3v) is 4.95. The van der Waals surface area contributed by atoms with E-state index < -0.39 is 0 Å². The van der Waals surface area contributed by atoms with Gasteiger partial charge in [0.05, 0.1) is 6.54 Å². The van der Waals surface area contributed by atoms with Crippen molar-refractivity contribution in [1.29, 1.82) is 0 Å². The monoisotopic (exact) mass is 461 g/mol. The maximum Gasteiger partial charge on any atom is 0.191 e. The van der Waals surface area contributed by atoms with Crippen LogP contribution < -0.4 is 10.6 Å². The molecule has 2 N–H and O–H groups in total. The van der Waals surface area contributed by atoms with Gasteiger partial charge < -0.3 is 15.2 Å². The number of nitrogens with zero attached hydrogens (tertiary/aromatic N) is 5. The Morgan fingerprint density at radius 1 is 1.36 bits per heavy atom. The average Bonchev–Trinajstić information content (AvgIpc) is 3.20. The minimum absolute atomic E-state index is 0. The van der Waals surface area contributed by atoms with Crippen LogP contribution in [-0.2, 0) is 13.0 Å². The maximum absolute atomic E-state index is 4.74. The number of aryl methyl sites for hydroxylation is 1. The van der Waals surface area contributed by atoms with Gasteiger partial charge in [-0.1, -0.05) is 6.92 Å². The van der Waals surface area contributed by atoms with Crippen LogP contribution >= 0.6 is 24.0 Å². The van der Waals surface area contributed by atoms with Crippen LogP contribution in [0.25, 0.3) is 0 Å². The van der Waals surface area contributed by atoms with E-state index in [-0.39, 0.29) is 24.0 Å². The number of nitrogens with one attached hydrogen (secondary N) is 2. The predicted molar refractivity (Wildman–Crippen MR) is 112 cm³/mol. The van der Waals surface area contributed by atoms with Crippen molar-refractivity contribution in [3.05, 3.63) is 12.2 Å². The number of hydrogen-bond donors (Lipinski definition) is 2. The molecule has 1 saturated heterocycles. The van der Waals surface area contributed by atoms with Crippen LogP contribution in [0, 0.1) is 0 Å². The summed E-state index contributed by atoms with van der Waals surface area (Å²) in [5, 5.41) is 15.1. The molecule has 8 heteroatoms. The molecular formula is C17H32IN7. The largest absolute Gasteiger partial charge is 0.357 e. The van der Waals surface area contributed by atoms with E-state index in [1.54, 1.807) is 6.33 Å².